The Morgan fingerprint density at radius 3 is 2.87 bits per heavy atom. The normalized spacial score (nSPS) is 17.3. The van der Waals surface area contributed by atoms with Crippen molar-refractivity contribution < 1.29 is 4.79 Å². The molecule has 3 N–H and O–H groups in total. The van der Waals surface area contributed by atoms with Crippen molar-refractivity contribution in [1.29, 1.82) is 0 Å². The molecule has 0 radical (unpaired) electrons. The first-order valence-corrected chi connectivity index (χ1v) is 8.00. The van der Waals surface area contributed by atoms with Gasteiger partial charge in [0.1, 0.15) is 5.82 Å². The summed E-state index contributed by atoms with van der Waals surface area (Å²) in [6.45, 7) is 2.86. The number of halogens is 1. The summed E-state index contributed by atoms with van der Waals surface area (Å²) >= 11 is 6.14. The largest absolute Gasteiger partial charge is 0.371 e. The van der Waals surface area contributed by atoms with Crippen LogP contribution in [-0.2, 0) is 0 Å². The van der Waals surface area contributed by atoms with Crippen LogP contribution in [0.15, 0.2) is 42.6 Å². The van der Waals surface area contributed by atoms with Gasteiger partial charge < -0.3 is 16.0 Å². The monoisotopic (exact) mass is 330 g/mol. The summed E-state index contributed by atoms with van der Waals surface area (Å²) in [7, 11) is 0. The first-order chi connectivity index (χ1) is 11.1. The van der Waals surface area contributed by atoms with E-state index in [0.29, 0.717) is 22.3 Å². The van der Waals surface area contributed by atoms with Gasteiger partial charge >= 0.3 is 0 Å². The topological polar surface area (TPSA) is 71.2 Å². The second-order valence-electron chi connectivity index (χ2n) is 5.74. The Morgan fingerprint density at radius 2 is 2.17 bits per heavy atom. The molecule has 2 aromatic rings. The molecule has 5 nitrogen and oxygen atoms in total. The Bertz CT molecular complexity index is 692. The fourth-order valence-electron chi connectivity index (χ4n) is 2.82. The quantitative estimate of drug-likeness (QED) is 0.884. The van der Waals surface area contributed by atoms with Crippen LogP contribution in [0.2, 0.25) is 5.02 Å². The van der Waals surface area contributed by atoms with E-state index in [1.54, 1.807) is 6.07 Å². The molecule has 2 heterocycles. The van der Waals surface area contributed by atoms with E-state index < -0.39 is 5.91 Å². The Morgan fingerprint density at radius 1 is 1.39 bits per heavy atom. The molecule has 1 aliphatic heterocycles. The molecule has 6 heteroatoms. The van der Waals surface area contributed by atoms with Crippen LogP contribution in [0, 0.1) is 5.92 Å². The summed E-state index contributed by atoms with van der Waals surface area (Å²) in [5.41, 5.74) is 6.79. The molecule has 1 fully saturated rings. The number of hydrogen-bond acceptors (Lipinski definition) is 4. The molecule has 1 aromatic carbocycles. The minimum atomic E-state index is -0.528. The van der Waals surface area contributed by atoms with Gasteiger partial charge in [-0.2, -0.15) is 0 Å². The molecular weight excluding hydrogens is 312 g/mol. The van der Waals surface area contributed by atoms with Gasteiger partial charge in [0.15, 0.2) is 0 Å². The predicted molar refractivity (Wildman–Crippen MR) is 93.0 cm³/mol. The van der Waals surface area contributed by atoms with E-state index in [9.17, 15) is 4.79 Å². The van der Waals surface area contributed by atoms with Crippen molar-refractivity contribution in [2.75, 3.05) is 29.9 Å². The van der Waals surface area contributed by atoms with Crippen molar-refractivity contribution in [3.63, 3.8) is 0 Å². The van der Waals surface area contributed by atoms with Gasteiger partial charge in [-0.1, -0.05) is 29.8 Å². The zero-order chi connectivity index (χ0) is 16.2. The summed E-state index contributed by atoms with van der Waals surface area (Å²) in [5.74, 6) is 0.596. The van der Waals surface area contributed by atoms with Crippen LogP contribution in [0.4, 0.5) is 11.5 Å². The maximum Gasteiger partial charge on any atom is 0.250 e. The van der Waals surface area contributed by atoms with Gasteiger partial charge in [0.2, 0.25) is 5.91 Å². The number of para-hydroxylation sites is 1. The fourth-order valence-corrected chi connectivity index (χ4v) is 3.05. The van der Waals surface area contributed by atoms with Gasteiger partial charge in [0, 0.05) is 31.5 Å². The average Bonchev–Trinajstić information content (AvgIpc) is 3.03. The summed E-state index contributed by atoms with van der Waals surface area (Å²) in [5, 5.41) is 3.69. The minimum absolute atomic E-state index is 0.316. The fraction of sp³-hybridized carbons (Fsp3) is 0.294. The molecule has 3 rings (SSSR count). The van der Waals surface area contributed by atoms with Crippen molar-refractivity contribution in [2.45, 2.75) is 6.42 Å². The summed E-state index contributed by atoms with van der Waals surface area (Å²) in [6.07, 6.45) is 2.57. The third-order valence-corrected chi connectivity index (χ3v) is 4.38. The maximum atomic E-state index is 11.1. The summed E-state index contributed by atoms with van der Waals surface area (Å²) in [4.78, 5) is 17.7. The molecule has 1 atom stereocenters. The van der Waals surface area contributed by atoms with Gasteiger partial charge in [-0.25, -0.2) is 4.98 Å². The van der Waals surface area contributed by atoms with Crippen LogP contribution in [-0.4, -0.2) is 30.5 Å². The van der Waals surface area contributed by atoms with Gasteiger partial charge in [-0.15, -0.1) is 0 Å². The number of primary amides is 1. The molecule has 0 bridgehead atoms. The molecule has 1 saturated heterocycles. The van der Waals surface area contributed by atoms with E-state index in [1.807, 2.05) is 6.07 Å². The van der Waals surface area contributed by atoms with E-state index in [4.69, 9.17) is 17.3 Å². The zero-order valence-electron chi connectivity index (χ0n) is 12.7. The second-order valence-corrected chi connectivity index (χ2v) is 6.14. The molecule has 120 valence electrons. The molecule has 0 saturated carbocycles. The van der Waals surface area contributed by atoms with Crippen LogP contribution < -0.4 is 16.0 Å². The zero-order valence-corrected chi connectivity index (χ0v) is 13.5. The van der Waals surface area contributed by atoms with Crippen LogP contribution in [0.3, 0.4) is 0 Å². The molecule has 1 aromatic heterocycles. The number of pyridine rings is 1. The Hall–Kier alpha value is -2.27. The highest BCUT2D eigenvalue weighted by Crippen LogP contribution is 2.25. The van der Waals surface area contributed by atoms with Crippen LogP contribution in [0.1, 0.15) is 16.8 Å². The van der Waals surface area contributed by atoms with Gasteiger partial charge in [-0.05, 0) is 30.5 Å². The highest BCUT2D eigenvalue weighted by Gasteiger charge is 2.22. The minimum Gasteiger partial charge on any atom is -0.371 e. The molecule has 0 spiro atoms. The van der Waals surface area contributed by atoms with E-state index in [-0.39, 0.29) is 0 Å². The Balaban J connectivity index is 1.56. The standard InChI is InChI=1S/C17H19ClN4O/c18-15-8-13(16(19)23)10-21-17(15)20-9-12-6-7-22(11-12)14-4-2-1-3-5-14/h1-5,8,10,12H,6-7,9,11H2,(H2,19,23)(H,20,21)/t12-/m0/s1. The lowest BCUT2D eigenvalue weighted by atomic mass is 10.1. The number of aromatic nitrogens is 1. The third-order valence-electron chi connectivity index (χ3n) is 4.09. The SMILES string of the molecule is NC(=O)c1cnc(NC[C@@H]2CCN(c3ccccc3)C2)c(Cl)c1. The lowest BCUT2D eigenvalue weighted by Crippen LogP contribution is -2.22. The number of nitrogens with zero attached hydrogens (tertiary/aromatic N) is 2. The predicted octanol–water partition coefficient (Wildman–Crippen LogP) is 2.77. The second kappa shape index (κ2) is 6.87. The van der Waals surface area contributed by atoms with E-state index in [1.165, 1.54) is 11.9 Å². The average molecular weight is 331 g/mol. The first-order valence-electron chi connectivity index (χ1n) is 7.62. The Labute approximate surface area is 140 Å². The van der Waals surface area contributed by atoms with Crippen LogP contribution in [0.25, 0.3) is 0 Å². The van der Waals surface area contributed by atoms with Gasteiger partial charge in [0.25, 0.3) is 0 Å². The lowest BCUT2D eigenvalue weighted by Gasteiger charge is -2.19. The molecule has 0 aliphatic carbocycles. The van der Waals surface area contributed by atoms with Crippen molar-refractivity contribution in [1.82, 2.24) is 4.98 Å². The summed E-state index contributed by atoms with van der Waals surface area (Å²) < 4.78 is 0. The smallest absolute Gasteiger partial charge is 0.250 e. The van der Waals surface area contributed by atoms with Crippen LogP contribution in [0.5, 0.6) is 0 Å². The lowest BCUT2D eigenvalue weighted by molar-refractivity contribution is 0.1000. The molecule has 1 aliphatic rings. The van der Waals surface area contributed by atoms with E-state index in [0.717, 1.165) is 26.1 Å². The number of carbonyl (C=O) groups excluding carboxylic acids is 1. The number of amides is 1. The number of nitrogens with one attached hydrogen (secondary N) is 1. The highest BCUT2D eigenvalue weighted by molar-refractivity contribution is 6.33. The number of anilines is 2. The van der Waals surface area contributed by atoms with E-state index >= 15 is 0 Å². The van der Waals surface area contributed by atoms with Crippen molar-refractivity contribution in [3.8, 4) is 0 Å². The van der Waals surface area contributed by atoms with Gasteiger partial charge in [-0.3, -0.25) is 4.79 Å². The maximum absolute atomic E-state index is 11.1. The molecule has 23 heavy (non-hydrogen) atoms. The third kappa shape index (κ3) is 3.74. The van der Waals surface area contributed by atoms with Crippen molar-refractivity contribution in [3.05, 3.63) is 53.2 Å². The number of rotatable bonds is 5. The molecular formula is C17H19ClN4O. The van der Waals surface area contributed by atoms with Crippen LogP contribution >= 0.6 is 11.6 Å². The number of nitrogens with two attached hydrogens (primary N) is 1. The van der Waals surface area contributed by atoms with Crippen molar-refractivity contribution >= 4 is 29.0 Å². The van der Waals surface area contributed by atoms with Crippen molar-refractivity contribution in [2.24, 2.45) is 11.7 Å². The van der Waals surface area contributed by atoms with E-state index in [2.05, 4.69) is 39.5 Å². The number of benzene rings is 1. The Kier molecular flexibility index (Phi) is 4.67. The molecule has 1 amide bonds. The highest BCUT2D eigenvalue weighted by atomic mass is 35.5. The molecule has 0 unspecified atom stereocenters. The number of carbonyl (C=O) groups is 1. The number of hydrogen-bond donors (Lipinski definition) is 2. The summed E-state index contributed by atoms with van der Waals surface area (Å²) in [6, 6.07) is 12.0. The first kappa shape index (κ1) is 15.6. The van der Waals surface area contributed by atoms with Gasteiger partial charge in [0.05, 0.1) is 10.6 Å².